The van der Waals surface area contributed by atoms with E-state index in [-0.39, 0.29) is 0 Å². The van der Waals surface area contributed by atoms with E-state index in [2.05, 4.69) is 22.9 Å². The van der Waals surface area contributed by atoms with Crippen LogP contribution in [0.1, 0.15) is 0 Å². The fourth-order valence-corrected chi connectivity index (χ4v) is 2.63. The summed E-state index contributed by atoms with van der Waals surface area (Å²) in [6.07, 6.45) is 1.70. The lowest BCUT2D eigenvalue weighted by Crippen LogP contribution is -2.44. The predicted molar refractivity (Wildman–Crippen MR) is 78.9 cm³/mol. The first-order chi connectivity index (χ1) is 9.24. The van der Waals surface area contributed by atoms with Crippen LogP contribution in [0.25, 0.3) is 11.3 Å². The van der Waals surface area contributed by atoms with Crippen molar-refractivity contribution in [2.24, 2.45) is 0 Å². The van der Waals surface area contributed by atoms with Gasteiger partial charge in [-0.05, 0) is 37.4 Å². The molecule has 2 heterocycles. The molecule has 3 rings (SSSR count). The van der Waals surface area contributed by atoms with Gasteiger partial charge in [0, 0.05) is 42.5 Å². The van der Waals surface area contributed by atoms with Crippen LogP contribution in [0, 0.1) is 0 Å². The number of benzene rings is 1. The Morgan fingerprint density at radius 2 is 1.89 bits per heavy atom. The number of piperazine rings is 1. The molecule has 0 saturated carbocycles. The summed E-state index contributed by atoms with van der Waals surface area (Å²) in [5.74, 6) is 0.872. The quantitative estimate of drug-likeness (QED) is 0.839. The molecule has 0 N–H and O–H groups in total. The number of furan rings is 1. The zero-order valence-electron chi connectivity index (χ0n) is 11.0. The molecular weight excluding hydrogens is 260 g/mol. The topological polar surface area (TPSA) is 19.6 Å². The number of anilines is 1. The van der Waals surface area contributed by atoms with Gasteiger partial charge in [0.2, 0.25) is 0 Å². The summed E-state index contributed by atoms with van der Waals surface area (Å²) in [6, 6.07) is 9.90. The highest BCUT2D eigenvalue weighted by Gasteiger charge is 2.18. The third-order valence-corrected chi connectivity index (χ3v) is 3.82. The largest absolute Gasteiger partial charge is 0.464 e. The van der Waals surface area contributed by atoms with E-state index in [4.69, 9.17) is 16.0 Å². The number of likely N-dealkylation sites (N-methyl/N-ethyl adjacent to an activating group) is 1. The summed E-state index contributed by atoms with van der Waals surface area (Å²) < 4.78 is 5.53. The van der Waals surface area contributed by atoms with E-state index in [0.29, 0.717) is 0 Å². The second kappa shape index (κ2) is 5.27. The van der Waals surface area contributed by atoms with Gasteiger partial charge in [0.15, 0.2) is 0 Å². The Kier molecular flexibility index (Phi) is 3.49. The van der Waals surface area contributed by atoms with E-state index >= 15 is 0 Å². The van der Waals surface area contributed by atoms with Crippen LogP contribution in [-0.4, -0.2) is 38.1 Å². The standard InChI is InChI=1S/C15H17ClN2O/c1-17-6-8-18(9-7-17)14-5-4-12(16)11-13(14)15-3-2-10-19-15/h2-5,10-11H,6-9H2,1H3. The Balaban J connectivity index is 1.97. The molecule has 1 aromatic carbocycles. The fraction of sp³-hybridized carbons (Fsp3) is 0.333. The number of hydrogen-bond donors (Lipinski definition) is 0. The average molecular weight is 277 g/mol. The highest BCUT2D eigenvalue weighted by molar-refractivity contribution is 6.31. The van der Waals surface area contributed by atoms with E-state index in [1.54, 1.807) is 6.26 Å². The Morgan fingerprint density at radius 1 is 1.11 bits per heavy atom. The second-order valence-electron chi connectivity index (χ2n) is 4.93. The summed E-state index contributed by atoms with van der Waals surface area (Å²) in [7, 11) is 2.16. The highest BCUT2D eigenvalue weighted by Crippen LogP contribution is 2.34. The second-order valence-corrected chi connectivity index (χ2v) is 5.37. The Labute approximate surface area is 118 Å². The van der Waals surface area contributed by atoms with Crippen molar-refractivity contribution in [1.82, 2.24) is 4.90 Å². The van der Waals surface area contributed by atoms with Crippen LogP contribution >= 0.6 is 11.6 Å². The van der Waals surface area contributed by atoms with Crippen molar-refractivity contribution in [3.8, 4) is 11.3 Å². The molecule has 1 saturated heterocycles. The zero-order valence-corrected chi connectivity index (χ0v) is 11.7. The molecule has 3 nitrogen and oxygen atoms in total. The highest BCUT2D eigenvalue weighted by atomic mass is 35.5. The van der Waals surface area contributed by atoms with Crippen molar-refractivity contribution >= 4 is 17.3 Å². The van der Waals surface area contributed by atoms with Crippen molar-refractivity contribution in [3.05, 3.63) is 41.6 Å². The smallest absolute Gasteiger partial charge is 0.135 e. The van der Waals surface area contributed by atoms with Crippen LogP contribution in [0.3, 0.4) is 0 Å². The molecular formula is C15H17ClN2O. The van der Waals surface area contributed by atoms with E-state index in [0.717, 1.165) is 42.5 Å². The van der Waals surface area contributed by atoms with Crippen LogP contribution < -0.4 is 4.90 Å². The molecule has 0 amide bonds. The minimum atomic E-state index is 0.740. The van der Waals surface area contributed by atoms with Gasteiger partial charge in [0.05, 0.1) is 6.26 Å². The first kappa shape index (κ1) is 12.6. The monoisotopic (exact) mass is 276 g/mol. The molecule has 0 unspecified atom stereocenters. The fourth-order valence-electron chi connectivity index (χ4n) is 2.46. The first-order valence-electron chi connectivity index (χ1n) is 6.51. The van der Waals surface area contributed by atoms with Crippen LogP contribution in [0.15, 0.2) is 41.0 Å². The molecule has 2 aromatic rings. The molecule has 0 atom stereocenters. The van der Waals surface area contributed by atoms with Gasteiger partial charge in [-0.15, -0.1) is 0 Å². The third kappa shape index (κ3) is 2.62. The molecule has 19 heavy (non-hydrogen) atoms. The number of halogens is 1. The summed E-state index contributed by atoms with van der Waals surface area (Å²) in [5, 5.41) is 0.740. The van der Waals surface area contributed by atoms with Gasteiger partial charge >= 0.3 is 0 Å². The van der Waals surface area contributed by atoms with Crippen molar-refractivity contribution < 1.29 is 4.42 Å². The maximum atomic E-state index is 6.13. The zero-order chi connectivity index (χ0) is 13.2. The Hall–Kier alpha value is -1.45. The normalized spacial score (nSPS) is 16.8. The maximum absolute atomic E-state index is 6.13. The van der Waals surface area contributed by atoms with Gasteiger partial charge in [-0.2, -0.15) is 0 Å². The molecule has 1 fully saturated rings. The molecule has 1 aromatic heterocycles. The predicted octanol–water partition coefficient (Wildman–Crippen LogP) is 3.35. The summed E-state index contributed by atoms with van der Waals surface area (Å²) in [5.41, 5.74) is 2.27. The molecule has 1 aliphatic rings. The van der Waals surface area contributed by atoms with Crippen molar-refractivity contribution in [1.29, 1.82) is 0 Å². The molecule has 0 aliphatic carbocycles. The third-order valence-electron chi connectivity index (χ3n) is 3.59. The average Bonchev–Trinajstić information content (AvgIpc) is 2.94. The van der Waals surface area contributed by atoms with Gasteiger partial charge in [-0.25, -0.2) is 0 Å². The van der Waals surface area contributed by atoms with Crippen LogP contribution in [0.5, 0.6) is 0 Å². The molecule has 0 spiro atoms. The lowest BCUT2D eigenvalue weighted by atomic mass is 10.1. The van der Waals surface area contributed by atoms with Gasteiger partial charge in [0.1, 0.15) is 5.76 Å². The van der Waals surface area contributed by atoms with E-state index < -0.39 is 0 Å². The van der Waals surface area contributed by atoms with Gasteiger partial charge in [-0.1, -0.05) is 11.6 Å². The molecule has 0 radical (unpaired) electrons. The van der Waals surface area contributed by atoms with E-state index in [1.807, 2.05) is 24.3 Å². The molecule has 4 heteroatoms. The Bertz CT molecular complexity index is 545. The lowest BCUT2D eigenvalue weighted by molar-refractivity contribution is 0.313. The number of nitrogens with zero attached hydrogens (tertiary/aromatic N) is 2. The van der Waals surface area contributed by atoms with Gasteiger partial charge < -0.3 is 14.2 Å². The van der Waals surface area contributed by atoms with Crippen LogP contribution in [0.4, 0.5) is 5.69 Å². The van der Waals surface area contributed by atoms with Crippen molar-refractivity contribution in [2.45, 2.75) is 0 Å². The molecule has 100 valence electrons. The summed E-state index contributed by atoms with van der Waals surface area (Å²) >= 11 is 6.13. The van der Waals surface area contributed by atoms with E-state index in [9.17, 15) is 0 Å². The van der Waals surface area contributed by atoms with Crippen molar-refractivity contribution in [2.75, 3.05) is 38.1 Å². The number of hydrogen-bond acceptors (Lipinski definition) is 3. The molecule has 1 aliphatic heterocycles. The summed E-state index contributed by atoms with van der Waals surface area (Å²) in [4.78, 5) is 4.74. The van der Waals surface area contributed by atoms with Gasteiger partial charge in [0.25, 0.3) is 0 Å². The van der Waals surface area contributed by atoms with Gasteiger partial charge in [-0.3, -0.25) is 0 Å². The molecule has 0 bridgehead atoms. The Morgan fingerprint density at radius 3 is 2.58 bits per heavy atom. The minimum Gasteiger partial charge on any atom is -0.464 e. The van der Waals surface area contributed by atoms with Crippen molar-refractivity contribution in [3.63, 3.8) is 0 Å². The first-order valence-corrected chi connectivity index (χ1v) is 6.89. The SMILES string of the molecule is CN1CCN(c2ccc(Cl)cc2-c2ccco2)CC1. The lowest BCUT2D eigenvalue weighted by Gasteiger charge is -2.35. The number of rotatable bonds is 2. The maximum Gasteiger partial charge on any atom is 0.135 e. The minimum absolute atomic E-state index is 0.740. The van der Waals surface area contributed by atoms with Crippen LogP contribution in [0.2, 0.25) is 5.02 Å². The van der Waals surface area contributed by atoms with Crippen LogP contribution in [-0.2, 0) is 0 Å². The summed E-state index contributed by atoms with van der Waals surface area (Å²) in [6.45, 7) is 4.23. The van der Waals surface area contributed by atoms with E-state index in [1.165, 1.54) is 5.69 Å².